The number of halogens is 1. The highest BCUT2D eigenvalue weighted by Gasteiger charge is 2.08. The van der Waals surface area contributed by atoms with Gasteiger partial charge in [-0.2, -0.15) is 0 Å². The molecule has 0 aromatic carbocycles. The number of nitrogens with zero attached hydrogens (tertiary/aromatic N) is 3. The number of pyridine rings is 1. The van der Waals surface area contributed by atoms with E-state index >= 15 is 0 Å². The maximum Gasteiger partial charge on any atom is 0.248 e. The molecule has 0 aliphatic carbocycles. The molecule has 16 heavy (non-hydrogen) atoms. The number of aromatic nitrogens is 3. The van der Waals surface area contributed by atoms with Crippen LogP contribution in [0.15, 0.2) is 30.9 Å². The molecule has 0 unspecified atom stereocenters. The third-order valence-corrected chi connectivity index (χ3v) is 2.29. The molecule has 2 heterocycles. The largest absolute Gasteiger partial charge is 0.366 e. The fraction of sp³-hybridized carbons (Fsp3) is 0. The monoisotopic (exact) mass is 234 g/mol. The van der Waals surface area contributed by atoms with Crippen LogP contribution in [0.4, 0.5) is 0 Å². The van der Waals surface area contributed by atoms with Gasteiger partial charge in [-0.3, -0.25) is 9.78 Å². The highest BCUT2D eigenvalue weighted by molar-refractivity contribution is 6.31. The van der Waals surface area contributed by atoms with E-state index in [1.807, 2.05) is 0 Å². The van der Waals surface area contributed by atoms with Crippen molar-refractivity contribution in [2.75, 3.05) is 0 Å². The van der Waals surface area contributed by atoms with Crippen molar-refractivity contribution in [1.29, 1.82) is 0 Å². The highest BCUT2D eigenvalue weighted by atomic mass is 35.5. The molecular weight excluding hydrogens is 228 g/mol. The molecule has 0 aliphatic rings. The lowest BCUT2D eigenvalue weighted by atomic mass is 10.1. The summed E-state index contributed by atoms with van der Waals surface area (Å²) in [5.74, 6) is -0.517. The number of hydrogen-bond acceptors (Lipinski definition) is 4. The molecule has 0 atom stereocenters. The highest BCUT2D eigenvalue weighted by Crippen LogP contribution is 2.23. The normalized spacial score (nSPS) is 10.1. The third-order valence-electron chi connectivity index (χ3n) is 1.98. The molecule has 0 saturated carbocycles. The first-order chi connectivity index (χ1) is 7.68. The summed E-state index contributed by atoms with van der Waals surface area (Å²) in [6.07, 6.45) is 4.35. The number of nitrogens with two attached hydrogens (primary N) is 1. The van der Waals surface area contributed by atoms with Gasteiger partial charge >= 0.3 is 0 Å². The second kappa shape index (κ2) is 4.24. The summed E-state index contributed by atoms with van der Waals surface area (Å²) in [5.41, 5.74) is 6.61. The molecule has 2 rings (SSSR count). The fourth-order valence-electron chi connectivity index (χ4n) is 1.22. The molecule has 5 nitrogen and oxygen atoms in total. The molecule has 1 amide bonds. The van der Waals surface area contributed by atoms with Crippen molar-refractivity contribution in [1.82, 2.24) is 15.0 Å². The van der Waals surface area contributed by atoms with E-state index in [1.54, 1.807) is 6.07 Å². The zero-order valence-corrected chi connectivity index (χ0v) is 8.85. The Kier molecular flexibility index (Phi) is 2.78. The summed E-state index contributed by atoms with van der Waals surface area (Å²) in [6, 6.07) is 3.08. The van der Waals surface area contributed by atoms with E-state index in [9.17, 15) is 4.79 Å². The standard InChI is InChI=1S/C10H7ClN4O/c11-9-7(4-13-5-15-9)8-3-6(10(12)16)1-2-14-8/h1-5H,(H2,12,16). The van der Waals surface area contributed by atoms with Crippen LogP contribution in [-0.2, 0) is 0 Å². The summed E-state index contributed by atoms with van der Waals surface area (Å²) in [4.78, 5) is 22.8. The number of rotatable bonds is 2. The molecule has 6 heteroatoms. The van der Waals surface area contributed by atoms with Crippen LogP contribution >= 0.6 is 11.6 Å². The number of carbonyl (C=O) groups is 1. The Morgan fingerprint density at radius 1 is 1.38 bits per heavy atom. The lowest BCUT2D eigenvalue weighted by molar-refractivity contribution is 0.1000. The Balaban J connectivity index is 2.53. The number of carbonyl (C=O) groups excluding carboxylic acids is 1. The van der Waals surface area contributed by atoms with E-state index in [0.717, 1.165) is 0 Å². The Morgan fingerprint density at radius 2 is 2.19 bits per heavy atom. The van der Waals surface area contributed by atoms with E-state index in [1.165, 1.54) is 24.8 Å². The van der Waals surface area contributed by atoms with Crippen molar-refractivity contribution < 1.29 is 4.79 Å². The van der Waals surface area contributed by atoms with Gasteiger partial charge in [-0.15, -0.1) is 0 Å². The lowest BCUT2D eigenvalue weighted by Gasteiger charge is -2.02. The summed E-state index contributed by atoms with van der Waals surface area (Å²) in [6.45, 7) is 0. The average molecular weight is 235 g/mol. The molecule has 0 bridgehead atoms. The van der Waals surface area contributed by atoms with Crippen LogP contribution in [0.25, 0.3) is 11.3 Å². The summed E-state index contributed by atoms with van der Waals surface area (Å²) < 4.78 is 0. The topological polar surface area (TPSA) is 81.8 Å². The van der Waals surface area contributed by atoms with Gasteiger partial charge in [0, 0.05) is 18.0 Å². The van der Waals surface area contributed by atoms with Crippen LogP contribution in [0.2, 0.25) is 5.15 Å². The van der Waals surface area contributed by atoms with Gasteiger partial charge in [-0.1, -0.05) is 11.6 Å². The minimum Gasteiger partial charge on any atom is -0.366 e. The fourth-order valence-corrected chi connectivity index (χ4v) is 1.41. The lowest BCUT2D eigenvalue weighted by Crippen LogP contribution is -2.11. The van der Waals surface area contributed by atoms with Gasteiger partial charge in [-0.25, -0.2) is 9.97 Å². The average Bonchev–Trinajstić information content (AvgIpc) is 2.30. The molecule has 0 fully saturated rings. The number of amides is 1. The minimum atomic E-state index is -0.517. The van der Waals surface area contributed by atoms with E-state index in [4.69, 9.17) is 17.3 Å². The first-order valence-corrected chi connectivity index (χ1v) is 4.78. The van der Waals surface area contributed by atoms with Crippen LogP contribution in [0.1, 0.15) is 10.4 Å². The van der Waals surface area contributed by atoms with Crippen molar-refractivity contribution in [2.45, 2.75) is 0 Å². The van der Waals surface area contributed by atoms with Crippen LogP contribution in [0, 0.1) is 0 Å². The predicted molar refractivity (Wildman–Crippen MR) is 58.8 cm³/mol. The maximum atomic E-state index is 11.0. The Bertz CT molecular complexity index is 544. The Labute approximate surface area is 96.3 Å². The molecule has 2 aromatic rings. The quantitative estimate of drug-likeness (QED) is 0.794. The number of primary amides is 1. The molecule has 0 saturated heterocycles. The van der Waals surface area contributed by atoms with Gasteiger partial charge in [0.05, 0.1) is 11.3 Å². The Morgan fingerprint density at radius 3 is 2.88 bits per heavy atom. The van der Waals surface area contributed by atoms with Crippen LogP contribution in [0.3, 0.4) is 0 Å². The molecule has 0 radical (unpaired) electrons. The Hall–Kier alpha value is -2.01. The molecule has 2 aromatic heterocycles. The van der Waals surface area contributed by atoms with Crippen molar-refractivity contribution in [2.24, 2.45) is 5.73 Å². The number of hydrogen-bond donors (Lipinski definition) is 1. The van der Waals surface area contributed by atoms with Gasteiger partial charge in [0.25, 0.3) is 0 Å². The van der Waals surface area contributed by atoms with E-state index < -0.39 is 5.91 Å². The van der Waals surface area contributed by atoms with Gasteiger partial charge in [-0.05, 0) is 12.1 Å². The smallest absolute Gasteiger partial charge is 0.248 e. The summed E-state index contributed by atoms with van der Waals surface area (Å²) in [7, 11) is 0. The van der Waals surface area contributed by atoms with E-state index in [0.29, 0.717) is 16.8 Å². The zero-order chi connectivity index (χ0) is 11.5. The van der Waals surface area contributed by atoms with Gasteiger partial charge in [0.15, 0.2) is 0 Å². The van der Waals surface area contributed by atoms with Gasteiger partial charge in [0.1, 0.15) is 11.5 Å². The van der Waals surface area contributed by atoms with E-state index in [2.05, 4.69) is 15.0 Å². The molecule has 2 N–H and O–H groups in total. The van der Waals surface area contributed by atoms with Crippen LogP contribution in [0.5, 0.6) is 0 Å². The van der Waals surface area contributed by atoms with Crippen LogP contribution < -0.4 is 5.73 Å². The first kappa shape index (κ1) is 10.5. The van der Waals surface area contributed by atoms with E-state index in [-0.39, 0.29) is 5.15 Å². The van der Waals surface area contributed by atoms with Crippen molar-refractivity contribution >= 4 is 17.5 Å². The minimum absolute atomic E-state index is 0.282. The molecule has 80 valence electrons. The second-order valence-corrected chi connectivity index (χ2v) is 3.38. The second-order valence-electron chi connectivity index (χ2n) is 3.02. The predicted octanol–water partition coefficient (Wildman–Crippen LogP) is 1.29. The zero-order valence-electron chi connectivity index (χ0n) is 8.09. The summed E-state index contributed by atoms with van der Waals surface area (Å²) >= 11 is 5.88. The molecular formula is C10H7ClN4O. The SMILES string of the molecule is NC(=O)c1ccnc(-c2cncnc2Cl)c1. The van der Waals surface area contributed by atoms with Crippen molar-refractivity contribution in [3.05, 3.63) is 41.6 Å². The van der Waals surface area contributed by atoms with Crippen LogP contribution in [-0.4, -0.2) is 20.9 Å². The maximum absolute atomic E-state index is 11.0. The van der Waals surface area contributed by atoms with Crippen molar-refractivity contribution in [3.8, 4) is 11.3 Å². The van der Waals surface area contributed by atoms with Crippen molar-refractivity contribution in [3.63, 3.8) is 0 Å². The van der Waals surface area contributed by atoms with Gasteiger partial charge < -0.3 is 5.73 Å². The summed E-state index contributed by atoms with van der Waals surface area (Å²) in [5, 5.41) is 0.282. The molecule has 0 spiro atoms. The van der Waals surface area contributed by atoms with Gasteiger partial charge in [0.2, 0.25) is 5.91 Å². The third kappa shape index (κ3) is 1.99. The first-order valence-electron chi connectivity index (χ1n) is 4.40. The molecule has 0 aliphatic heterocycles.